The van der Waals surface area contributed by atoms with Crippen LogP contribution in [0.1, 0.15) is 24.5 Å². The number of hydrogen-bond donors (Lipinski definition) is 1. The minimum absolute atomic E-state index is 0.0285. The van der Waals surface area contributed by atoms with E-state index in [1.807, 2.05) is 37.3 Å². The molecule has 1 unspecified atom stereocenters. The van der Waals surface area contributed by atoms with Crippen molar-refractivity contribution in [1.29, 1.82) is 0 Å². The standard InChI is InChI=1S/C22H24FNO4/c1-16-11-12-24(20(25)13-17-7-9-19(23)10-8-17)22(16,21(26)27)15-28-14-18-5-3-2-4-6-18/h2-10,16H,11-15H2,1H3,(H,26,27)/t16?,22-/m0/s1. The van der Waals surface area contributed by atoms with Crippen LogP contribution in [0, 0.1) is 11.7 Å². The molecule has 0 aliphatic carbocycles. The van der Waals surface area contributed by atoms with E-state index in [2.05, 4.69) is 0 Å². The van der Waals surface area contributed by atoms with Gasteiger partial charge in [-0.25, -0.2) is 9.18 Å². The summed E-state index contributed by atoms with van der Waals surface area (Å²) in [5.41, 5.74) is 0.194. The predicted molar refractivity (Wildman–Crippen MR) is 102 cm³/mol. The molecule has 3 rings (SSSR count). The van der Waals surface area contributed by atoms with Crippen molar-refractivity contribution in [2.45, 2.75) is 31.9 Å². The minimum atomic E-state index is -1.40. The first-order valence-electron chi connectivity index (χ1n) is 9.33. The molecule has 0 aromatic heterocycles. The maximum absolute atomic E-state index is 13.1. The van der Waals surface area contributed by atoms with Crippen LogP contribution in [-0.4, -0.2) is 40.6 Å². The number of aliphatic carboxylic acids is 1. The highest BCUT2D eigenvalue weighted by Gasteiger charge is 2.55. The lowest BCUT2D eigenvalue weighted by molar-refractivity contribution is -0.164. The number of ether oxygens (including phenoxy) is 1. The number of likely N-dealkylation sites (tertiary alicyclic amines) is 1. The zero-order valence-corrected chi connectivity index (χ0v) is 15.8. The van der Waals surface area contributed by atoms with Crippen LogP contribution in [0.15, 0.2) is 54.6 Å². The molecule has 2 aromatic carbocycles. The maximum Gasteiger partial charge on any atom is 0.332 e. The van der Waals surface area contributed by atoms with Gasteiger partial charge in [-0.1, -0.05) is 49.4 Å². The van der Waals surface area contributed by atoms with Gasteiger partial charge in [0.1, 0.15) is 5.82 Å². The molecule has 0 saturated carbocycles. The van der Waals surface area contributed by atoms with Gasteiger partial charge in [-0.05, 0) is 35.6 Å². The van der Waals surface area contributed by atoms with E-state index in [1.54, 1.807) is 12.1 Å². The number of hydrogen-bond acceptors (Lipinski definition) is 3. The van der Waals surface area contributed by atoms with Crippen molar-refractivity contribution in [1.82, 2.24) is 4.90 Å². The van der Waals surface area contributed by atoms with E-state index in [4.69, 9.17) is 4.74 Å². The number of halogens is 1. The Morgan fingerprint density at radius 3 is 2.46 bits per heavy atom. The molecule has 6 heteroatoms. The third-order valence-electron chi connectivity index (χ3n) is 5.46. The number of carbonyl (C=O) groups is 2. The van der Waals surface area contributed by atoms with Crippen molar-refractivity contribution >= 4 is 11.9 Å². The summed E-state index contributed by atoms with van der Waals surface area (Å²) in [6.07, 6.45) is 0.622. The highest BCUT2D eigenvalue weighted by Crippen LogP contribution is 2.36. The Hall–Kier alpha value is -2.73. The third-order valence-corrected chi connectivity index (χ3v) is 5.46. The number of carbonyl (C=O) groups excluding carboxylic acids is 1. The number of rotatable bonds is 7. The van der Waals surface area contributed by atoms with E-state index in [0.29, 0.717) is 18.5 Å². The van der Waals surface area contributed by atoms with Gasteiger partial charge < -0.3 is 14.7 Å². The molecule has 1 aliphatic heterocycles. The van der Waals surface area contributed by atoms with Crippen LogP contribution in [-0.2, 0) is 27.4 Å². The Balaban J connectivity index is 1.75. The summed E-state index contributed by atoms with van der Waals surface area (Å²) in [6, 6.07) is 15.2. The number of amides is 1. The molecule has 1 fully saturated rings. The monoisotopic (exact) mass is 385 g/mol. The second kappa shape index (κ2) is 8.52. The molecule has 1 heterocycles. The number of nitrogens with zero attached hydrogens (tertiary/aromatic N) is 1. The molecule has 148 valence electrons. The molecule has 1 N–H and O–H groups in total. The number of benzene rings is 2. The second-order valence-electron chi connectivity index (χ2n) is 7.25. The van der Waals surface area contributed by atoms with Crippen molar-refractivity contribution in [2.75, 3.05) is 13.2 Å². The molecule has 5 nitrogen and oxygen atoms in total. The van der Waals surface area contributed by atoms with Crippen LogP contribution in [0.3, 0.4) is 0 Å². The minimum Gasteiger partial charge on any atom is -0.479 e. The maximum atomic E-state index is 13.1. The first-order valence-corrected chi connectivity index (χ1v) is 9.33. The van der Waals surface area contributed by atoms with E-state index in [0.717, 1.165) is 5.56 Å². The van der Waals surface area contributed by atoms with Crippen molar-refractivity contribution in [3.05, 3.63) is 71.5 Å². The molecular weight excluding hydrogens is 361 g/mol. The number of carboxylic acid groups (broad SMARTS) is 1. The van der Waals surface area contributed by atoms with Crippen LogP contribution in [0.25, 0.3) is 0 Å². The molecule has 2 atom stereocenters. The Morgan fingerprint density at radius 2 is 1.82 bits per heavy atom. The molecule has 1 amide bonds. The van der Waals surface area contributed by atoms with Gasteiger partial charge >= 0.3 is 5.97 Å². The largest absolute Gasteiger partial charge is 0.479 e. The fraction of sp³-hybridized carbons (Fsp3) is 0.364. The molecule has 2 aromatic rings. The van der Waals surface area contributed by atoms with Gasteiger partial charge in [0.15, 0.2) is 5.54 Å². The van der Waals surface area contributed by atoms with E-state index in [9.17, 15) is 19.1 Å². The third kappa shape index (κ3) is 4.07. The van der Waals surface area contributed by atoms with Crippen LogP contribution in [0.4, 0.5) is 4.39 Å². The second-order valence-corrected chi connectivity index (χ2v) is 7.25. The van der Waals surface area contributed by atoms with Crippen molar-refractivity contribution < 1.29 is 23.8 Å². The van der Waals surface area contributed by atoms with Crippen LogP contribution < -0.4 is 0 Å². The summed E-state index contributed by atoms with van der Waals surface area (Å²) >= 11 is 0. The fourth-order valence-corrected chi connectivity index (χ4v) is 3.75. The predicted octanol–water partition coefficient (Wildman–Crippen LogP) is 3.28. The Morgan fingerprint density at radius 1 is 1.14 bits per heavy atom. The topological polar surface area (TPSA) is 66.8 Å². The van der Waals surface area contributed by atoms with E-state index in [-0.39, 0.29) is 37.3 Å². The average molecular weight is 385 g/mol. The lowest BCUT2D eigenvalue weighted by atomic mass is 9.86. The van der Waals surface area contributed by atoms with E-state index in [1.165, 1.54) is 17.0 Å². The molecule has 0 spiro atoms. The van der Waals surface area contributed by atoms with Crippen LogP contribution >= 0.6 is 0 Å². The number of carboxylic acids is 1. The van der Waals surface area contributed by atoms with Gasteiger partial charge in [0.2, 0.25) is 5.91 Å². The zero-order chi connectivity index (χ0) is 20.1. The zero-order valence-electron chi connectivity index (χ0n) is 15.8. The molecule has 0 bridgehead atoms. The summed E-state index contributed by atoms with van der Waals surface area (Å²) in [7, 11) is 0. The molecule has 1 saturated heterocycles. The quantitative estimate of drug-likeness (QED) is 0.794. The summed E-state index contributed by atoms with van der Waals surface area (Å²) in [6.45, 7) is 2.41. The van der Waals surface area contributed by atoms with E-state index < -0.39 is 11.5 Å². The highest BCUT2D eigenvalue weighted by atomic mass is 19.1. The summed E-state index contributed by atoms with van der Waals surface area (Å²) in [5.74, 6) is -1.96. The highest BCUT2D eigenvalue weighted by molar-refractivity contribution is 5.89. The normalized spacial score (nSPS) is 21.6. The van der Waals surface area contributed by atoms with Crippen LogP contribution in [0.5, 0.6) is 0 Å². The summed E-state index contributed by atoms with van der Waals surface area (Å²) < 4.78 is 18.9. The smallest absolute Gasteiger partial charge is 0.332 e. The molecular formula is C22H24FNO4. The van der Waals surface area contributed by atoms with Gasteiger partial charge in [0.25, 0.3) is 0 Å². The lowest BCUT2D eigenvalue weighted by Crippen LogP contribution is -2.59. The fourth-order valence-electron chi connectivity index (χ4n) is 3.75. The summed E-state index contributed by atoms with van der Waals surface area (Å²) in [4.78, 5) is 26.6. The van der Waals surface area contributed by atoms with Gasteiger partial charge in [0, 0.05) is 6.54 Å². The van der Waals surface area contributed by atoms with Crippen molar-refractivity contribution in [3.8, 4) is 0 Å². The Kier molecular flexibility index (Phi) is 6.09. The van der Waals surface area contributed by atoms with E-state index >= 15 is 0 Å². The molecule has 0 radical (unpaired) electrons. The van der Waals surface area contributed by atoms with Crippen molar-refractivity contribution in [2.24, 2.45) is 5.92 Å². The lowest BCUT2D eigenvalue weighted by Gasteiger charge is -2.37. The van der Waals surface area contributed by atoms with Gasteiger partial charge in [0.05, 0.1) is 19.6 Å². The first-order chi connectivity index (χ1) is 13.4. The molecule has 28 heavy (non-hydrogen) atoms. The van der Waals surface area contributed by atoms with Gasteiger partial charge in [-0.2, -0.15) is 0 Å². The van der Waals surface area contributed by atoms with Gasteiger partial charge in [-0.3, -0.25) is 4.79 Å². The van der Waals surface area contributed by atoms with Crippen LogP contribution in [0.2, 0.25) is 0 Å². The SMILES string of the molecule is CC1CCN(C(=O)Cc2ccc(F)cc2)[C@]1(COCc1ccccc1)C(=O)O. The first kappa shape index (κ1) is 20.0. The average Bonchev–Trinajstić information content (AvgIpc) is 3.02. The molecule has 1 aliphatic rings. The van der Waals surface area contributed by atoms with Crippen molar-refractivity contribution in [3.63, 3.8) is 0 Å². The van der Waals surface area contributed by atoms with Gasteiger partial charge in [-0.15, -0.1) is 0 Å². The summed E-state index contributed by atoms with van der Waals surface area (Å²) in [5, 5.41) is 10.0. The Bertz CT molecular complexity index is 824. The Labute approximate surface area is 163 Å².